The van der Waals surface area contributed by atoms with Gasteiger partial charge in [0.1, 0.15) is 12.0 Å². The van der Waals surface area contributed by atoms with Crippen LogP contribution in [-0.4, -0.2) is 26.4 Å². The second-order valence-electron chi connectivity index (χ2n) is 3.71. The molecule has 3 N–H and O–H groups in total. The minimum absolute atomic E-state index is 0.399. The van der Waals surface area contributed by atoms with E-state index in [2.05, 4.69) is 20.4 Å². The summed E-state index contributed by atoms with van der Waals surface area (Å²) in [6, 6.07) is 1.92. The molecule has 0 aliphatic rings. The van der Waals surface area contributed by atoms with E-state index in [-0.39, 0.29) is 0 Å². The Balaban J connectivity index is 2.07. The number of hydrogen-bond donors (Lipinski definition) is 2. The Morgan fingerprint density at radius 2 is 2.28 bits per heavy atom. The number of nitrogens with two attached hydrogens (primary N) is 1. The van der Waals surface area contributed by atoms with Crippen LogP contribution in [0.2, 0.25) is 0 Å². The van der Waals surface area contributed by atoms with E-state index in [1.54, 1.807) is 4.68 Å². The van der Waals surface area contributed by atoms with Crippen LogP contribution in [0.1, 0.15) is 12.6 Å². The molecule has 0 atom stereocenters. The molecule has 0 radical (unpaired) electrons. The fourth-order valence-corrected chi connectivity index (χ4v) is 1.50. The molecule has 0 aliphatic heterocycles. The van der Waals surface area contributed by atoms with Crippen molar-refractivity contribution in [3.63, 3.8) is 0 Å². The molecule has 0 aliphatic carbocycles. The van der Waals surface area contributed by atoms with Gasteiger partial charge in [0.05, 0.1) is 18.8 Å². The first-order chi connectivity index (χ1) is 8.70. The Morgan fingerprint density at radius 3 is 2.94 bits per heavy atom. The first-order valence-corrected chi connectivity index (χ1v) is 5.66. The molecule has 96 valence electrons. The van der Waals surface area contributed by atoms with Gasteiger partial charge in [0.2, 0.25) is 5.88 Å². The van der Waals surface area contributed by atoms with Crippen molar-refractivity contribution in [2.75, 3.05) is 17.7 Å². The summed E-state index contributed by atoms with van der Waals surface area (Å²) in [6.07, 6.45) is 3.30. The Kier molecular flexibility index (Phi) is 3.61. The fraction of sp³-hybridized carbons (Fsp3) is 0.364. The number of rotatable bonds is 5. The molecule has 0 saturated carbocycles. The van der Waals surface area contributed by atoms with E-state index in [0.717, 1.165) is 5.69 Å². The normalized spacial score (nSPS) is 10.3. The molecule has 2 heterocycles. The molecule has 0 fully saturated rings. The van der Waals surface area contributed by atoms with Gasteiger partial charge in [0.25, 0.3) is 0 Å². The number of nitrogen functional groups attached to an aromatic ring is 1. The van der Waals surface area contributed by atoms with Crippen molar-refractivity contribution in [3.05, 3.63) is 24.3 Å². The van der Waals surface area contributed by atoms with Crippen LogP contribution in [-0.2, 0) is 13.6 Å². The van der Waals surface area contributed by atoms with Crippen LogP contribution >= 0.6 is 0 Å². The van der Waals surface area contributed by atoms with E-state index in [1.165, 1.54) is 6.33 Å². The second kappa shape index (κ2) is 5.35. The topological polar surface area (TPSA) is 90.9 Å². The van der Waals surface area contributed by atoms with Crippen LogP contribution in [0.4, 0.5) is 11.5 Å². The maximum Gasteiger partial charge on any atom is 0.242 e. The lowest BCUT2D eigenvalue weighted by Crippen LogP contribution is -2.08. The maximum absolute atomic E-state index is 5.90. The summed E-state index contributed by atoms with van der Waals surface area (Å²) < 4.78 is 7.04. The number of aryl methyl sites for hydroxylation is 1. The third-order valence-electron chi connectivity index (χ3n) is 2.33. The second-order valence-corrected chi connectivity index (χ2v) is 3.71. The van der Waals surface area contributed by atoms with Crippen LogP contribution in [0.5, 0.6) is 5.88 Å². The van der Waals surface area contributed by atoms with Crippen molar-refractivity contribution in [2.24, 2.45) is 7.05 Å². The summed E-state index contributed by atoms with van der Waals surface area (Å²) in [7, 11) is 1.87. The van der Waals surface area contributed by atoms with Crippen LogP contribution in [0.25, 0.3) is 0 Å². The van der Waals surface area contributed by atoms with Gasteiger partial charge in [-0.1, -0.05) is 0 Å². The highest BCUT2D eigenvalue weighted by molar-refractivity contribution is 5.66. The maximum atomic E-state index is 5.90. The monoisotopic (exact) mass is 248 g/mol. The molecule has 0 unspecified atom stereocenters. The molecule has 18 heavy (non-hydrogen) atoms. The van der Waals surface area contributed by atoms with E-state index in [4.69, 9.17) is 10.5 Å². The van der Waals surface area contributed by atoms with Crippen molar-refractivity contribution in [1.82, 2.24) is 19.7 Å². The van der Waals surface area contributed by atoms with Crippen molar-refractivity contribution in [3.8, 4) is 5.88 Å². The van der Waals surface area contributed by atoms with Gasteiger partial charge < -0.3 is 15.8 Å². The number of anilines is 2. The van der Waals surface area contributed by atoms with Gasteiger partial charge in [0, 0.05) is 13.2 Å². The summed E-state index contributed by atoms with van der Waals surface area (Å²) in [5, 5.41) is 7.36. The molecule has 2 rings (SSSR count). The zero-order valence-electron chi connectivity index (χ0n) is 10.4. The smallest absolute Gasteiger partial charge is 0.242 e. The fourth-order valence-electron chi connectivity index (χ4n) is 1.50. The van der Waals surface area contributed by atoms with Gasteiger partial charge in [-0.2, -0.15) is 10.1 Å². The summed E-state index contributed by atoms with van der Waals surface area (Å²) >= 11 is 0. The van der Waals surface area contributed by atoms with E-state index in [1.807, 2.05) is 26.2 Å². The standard InChI is InChI=1S/C11H16N6O/c1-3-18-11-9(12)10(14-7-15-11)13-6-8-4-5-17(2)16-8/h4-5,7H,3,6,12H2,1-2H3,(H,13,14,15). The first-order valence-electron chi connectivity index (χ1n) is 5.66. The quantitative estimate of drug-likeness (QED) is 0.813. The Morgan fingerprint density at radius 1 is 1.44 bits per heavy atom. The summed E-state index contributed by atoms with van der Waals surface area (Å²) in [5.74, 6) is 0.954. The lowest BCUT2D eigenvalue weighted by Gasteiger charge is -2.10. The van der Waals surface area contributed by atoms with Crippen molar-refractivity contribution < 1.29 is 4.74 Å². The number of hydrogen-bond acceptors (Lipinski definition) is 6. The molecule has 0 saturated heterocycles. The molecule has 7 nitrogen and oxygen atoms in total. The Hall–Kier alpha value is -2.31. The average molecular weight is 248 g/mol. The molecule has 0 spiro atoms. The van der Waals surface area contributed by atoms with E-state index in [0.29, 0.717) is 30.5 Å². The molecule has 0 bridgehead atoms. The minimum Gasteiger partial charge on any atom is -0.476 e. The highest BCUT2D eigenvalue weighted by Crippen LogP contribution is 2.24. The molecule has 2 aromatic heterocycles. The summed E-state index contributed by atoms with van der Waals surface area (Å²) in [6.45, 7) is 2.94. The molecule has 0 aromatic carbocycles. The number of nitrogens with zero attached hydrogens (tertiary/aromatic N) is 4. The van der Waals surface area contributed by atoms with Crippen LogP contribution in [0, 0.1) is 0 Å². The average Bonchev–Trinajstić information content (AvgIpc) is 2.77. The SMILES string of the molecule is CCOc1ncnc(NCc2ccn(C)n2)c1N. The Labute approximate surface area is 105 Å². The molecule has 0 amide bonds. The van der Waals surface area contributed by atoms with E-state index < -0.39 is 0 Å². The molecule has 7 heteroatoms. The van der Waals surface area contributed by atoms with Gasteiger partial charge in [-0.05, 0) is 13.0 Å². The van der Waals surface area contributed by atoms with E-state index >= 15 is 0 Å². The van der Waals surface area contributed by atoms with Gasteiger partial charge >= 0.3 is 0 Å². The van der Waals surface area contributed by atoms with Gasteiger partial charge in [-0.25, -0.2) is 4.98 Å². The number of aromatic nitrogens is 4. The Bertz CT molecular complexity index is 524. The van der Waals surface area contributed by atoms with Crippen molar-refractivity contribution >= 4 is 11.5 Å². The van der Waals surface area contributed by atoms with Crippen LogP contribution < -0.4 is 15.8 Å². The lowest BCUT2D eigenvalue weighted by atomic mass is 10.4. The molecule has 2 aromatic rings. The molecular weight excluding hydrogens is 232 g/mol. The molecular formula is C11H16N6O. The van der Waals surface area contributed by atoms with Gasteiger partial charge in [-0.15, -0.1) is 0 Å². The highest BCUT2D eigenvalue weighted by atomic mass is 16.5. The predicted octanol–water partition coefficient (Wildman–Crippen LogP) is 0.803. The third-order valence-corrected chi connectivity index (χ3v) is 2.33. The van der Waals surface area contributed by atoms with Crippen LogP contribution in [0.15, 0.2) is 18.6 Å². The van der Waals surface area contributed by atoms with Gasteiger partial charge in [-0.3, -0.25) is 4.68 Å². The first kappa shape index (κ1) is 12.2. The minimum atomic E-state index is 0.399. The number of nitrogens with one attached hydrogen (secondary N) is 1. The zero-order valence-corrected chi connectivity index (χ0v) is 10.4. The van der Waals surface area contributed by atoms with Gasteiger partial charge in [0.15, 0.2) is 5.82 Å². The largest absolute Gasteiger partial charge is 0.476 e. The zero-order chi connectivity index (χ0) is 13.0. The highest BCUT2D eigenvalue weighted by Gasteiger charge is 2.08. The van der Waals surface area contributed by atoms with Crippen molar-refractivity contribution in [2.45, 2.75) is 13.5 Å². The predicted molar refractivity (Wildman–Crippen MR) is 68.1 cm³/mol. The number of ether oxygens (including phenoxy) is 1. The lowest BCUT2D eigenvalue weighted by molar-refractivity contribution is 0.328. The third kappa shape index (κ3) is 2.68. The summed E-state index contributed by atoms with van der Waals surface area (Å²) in [4.78, 5) is 8.05. The van der Waals surface area contributed by atoms with Crippen molar-refractivity contribution in [1.29, 1.82) is 0 Å². The summed E-state index contributed by atoms with van der Waals surface area (Å²) in [5.41, 5.74) is 7.22. The van der Waals surface area contributed by atoms with Crippen LogP contribution in [0.3, 0.4) is 0 Å². The van der Waals surface area contributed by atoms with E-state index in [9.17, 15) is 0 Å².